The molecule has 0 saturated carbocycles. The zero-order chi connectivity index (χ0) is 17.1. The van der Waals surface area contributed by atoms with Gasteiger partial charge in [-0.1, -0.05) is 29.8 Å². The number of carbonyl (C=O) groups is 2. The normalized spacial score (nSPS) is 11.5. The third-order valence-electron chi connectivity index (χ3n) is 3.27. The van der Waals surface area contributed by atoms with Gasteiger partial charge in [0.2, 0.25) is 5.55 Å². The van der Waals surface area contributed by atoms with Gasteiger partial charge in [-0.3, -0.25) is 9.59 Å². The van der Waals surface area contributed by atoms with Gasteiger partial charge in [-0.2, -0.15) is 0 Å². The summed E-state index contributed by atoms with van der Waals surface area (Å²) in [4.78, 5) is 23.6. The van der Waals surface area contributed by atoms with Crippen molar-refractivity contribution in [3.05, 3.63) is 76.3 Å². The number of amides is 2. The molecule has 120 valence electrons. The van der Waals surface area contributed by atoms with E-state index < -0.39 is 11.8 Å². The van der Waals surface area contributed by atoms with E-state index in [1.807, 2.05) is 0 Å². The molecule has 24 heavy (non-hydrogen) atoms. The molecule has 0 spiro atoms. The topological polar surface area (TPSA) is 97.7 Å². The summed E-state index contributed by atoms with van der Waals surface area (Å²) in [7, 11) is 0. The molecule has 0 aliphatic carbocycles. The van der Waals surface area contributed by atoms with Crippen molar-refractivity contribution in [2.24, 2.45) is 10.8 Å². The predicted octanol–water partition coefficient (Wildman–Crippen LogP) is 2.43. The molecule has 3 rings (SSSR count). The number of nitrogens with one attached hydrogen (secondary N) is 1. The maximum atomic E-state index is 12.0. The van der Waals surface area contributed by atoms with Gasteiger partial charge in [-0.25, -0.2) is 5.43 Å². The lowest BCUT2D eigenvalue weighted by Gasteiger charge is -2.03. The van der Waals surface area contributed by atoms with Crippen molar-refractivity contribution in [3.8, 4) is 0 Å². The summed E-state index contributed by atoms with van der Waals surface area (Å²) < 4.78 is 5.55. The van der Waals surface area contributed by atoms with Gasteiger partial charge < -0.3 is 10.2 Å². The number of rotatable bonds is 3. The van der Waals surface area contributed by atoms with Gasteiger partial charge in [0, 0.05) is 16.0 Å². The molecule has 0 radical (unpaired) electrons. The third kappa shape index (κ3) is 3.28. The molecule has 1 aromatic heterocycles. The number of primary amides is 1. The van der Waals surface area contributed by atoms with Crippen LogP contribution in [0.15, 0.2) is 64.1 Å². The number of nitrogens with two attached hydrogens (primary N) is 1. The molecule has 3 N–H and O–H groups in total. The third-order valence-corrected chi connectivity index (χ3v) is 3.50. The smallest absolute Gasteiger partial charge is 0.271 e. The second-order valence-electron chi connectivity index (χ2n) is 4.93. The van der Waals surface area contributed by atoms with Crippen molar-refractivity contribution in [1.82, 2.24) is 5.43 Å². The number of benzene rings is 2. The Hall–Kier alpha value is -3.12. The molecule has 2 amide bonds. The van der Waals surface area contributed by atoms with E-state index in [1.54, 1.807) is 48.5 Å². The predicted molar refractivity (Wildman–Crippen MR) is 89.2 cm³/mol. The second-order valence-corrected chi connectivity index (χ2v) is 5.37. The van der Waals surface area contributed by atoms with Crippen molar-refractivity contribution in [2.45, 2.75) is 0 Å². The van der Waals surface area contributed by atoms with Crippen LogP contribution in [-0.4, -0.2) is 11.8 Å². The van der Waals surface area contributed by atoms with E-state index in [-0.39, 0.29) is 11.1 Å². The van der Waals surface area contributed by atoms with Crippen LogP contribution in [-0.2, 0) is 0 Å². The Morgan fingerprint density at radius 1 is 1.08 bits per heavy atom. The average molecular weight is 342 g/mol. The van der Waals surface area contributed by atoms with Gasteiger partial charge in [0.1, 0.15) is 11.1 Å². The Morgan fingerprint density at radius 3 is 2.54 bits per heavy atom. The SMILES string of the molecule is NC(=O)c1cc2cc(Cl)ccc2oc1=NNC(=O)c1ccccc1. The molecule has 2 aromatic carbocycles. The number of halogens is 1. The molecule has 0 aliphatic heterocycles. The van der Waals surface area contributed by atoms with E-state index in [0.717, 1.165) is 0 Å². The van der Waals surface area contributed by atoms with Crippen molar-refractivity contribution < 1.29 is 14.0 Å². The lowest BCUT2D eigenvalue weighted by Crippen LogP contribution is -2.27. The van der Waals surface area contributed by atoms with E-state index >= 15 is 0 Å². The summed E-state index contributed by atoms with van der Waals surface area (Å²) in [5, 5.41) is 4.97. The number of nitrogens with zero attached hydrogens (tertiary/aromatic N) is 1. The molecule has 0 saturated heterocycles. The highest BCUT2D eigenvalue weighted by Gasteiger charge is 2.10. The summed E-state index contributed by atoms with van der Waals surface area (Å²) in [5.74, 6) is -1.16. The van der Waals surface area contributed by atoms with Gasteiger partial charge in [-0.15, -0.1) is 5.10 Å². The highest BCUT2D eigenvalue weighted by atomic mass is 35.5. The van der Waals surface area contributed by atoms with Crippen molar-refractivity contribution >= 4 is 34.4 Å². The molecular weight excluding hydrogens is 330 g/mol. The van der Waals surface area contributed by atoms with E-state index in [4.69, 9.17) is 21.8 Å². The summed E-state index contributed by atoms with van der Waals surface area (Å²) in [6.07, 6.45) is 0. The summed E-state index contributed by atoms with van der Waals surface area (Å²) >= 11 is 5.92. The van der Waals surface area contributed by atoms with Gasteiger partial charge in [0.25, 0.3) is 11.8 Å². The van der Waals surface area contributed by atoms with Crippen LogP contribution >= 0.6 is 11.6 Å². The Labute approximate surface area is 141 Å². The van der Waals surface area contributed by atoms with E-state index in [1.165, 1.54) is 6.07 Å². The van der Waals surface area contributed by atoms with Gasteiger partial charge in [-0.05, 0) is 36.4 Å². The van der Waals surface area contributed by atoms with Crippen LogP contribution in [0, 0.1) is 0 Å². The van der Waals surface area contributed by atoms with Crippen LogP contribution in [0.3, 0.4) is 0 Å². The fourth-order valence-electron chi connectivity index (χ4n) is 2.12. The number of carbonyl (C=O) groups excluding carboxylic acids is 2. The van der Waals surface area contributed by atoms with Crippen molar-refractivity contribution in [3.63, 3.8) is 0 Å². The standard InChI is InChI=1S/C17H12ClN3O3/c18-12-6-7-14-11(8-12)9-13(15(19)22)17(24-14)21-20-16(23)10-4-2-1-3-5-10/h1-9H,(H2,19,22)(H,20,23). The maximum absolute atomic E-state index is 12.0. The fraction of sp³-hybridized carbons (Fsp3) is 0. The molecular formula is C17H12ClN3O3. The largest absolute Gasteiger partial charge is 0.436 e. The highest BCUT2D eigenvalue weighted by Crippen LogP contribution is 2.18. The summed E-state index contributed by atoms with van der Waals surface area (Å²) in [6, 6.07) is 15.0. The lowest BCUT2D eigenvalue weighted by molar-refractivity contribution is 0.0946. The van der Waals surface area contributed by atoms with Gasteiger partial charge >= 0.3 is 0 Å². The van der Waals surface area contributed by atoms with E-state index in [9.17, 15) is 9.59 Å². The van der Waals surface area contributed by atoms with E-state index in [0.29, 0.717) is 21.6 Å². The number of hydrogen-bond acceptors (Lipinski definition) is 4. The Bertz CT molecular complexity index is 997. The van der Waals surface area contributed by atoms with Crippen LogP contribution in [0.4, 0.5) is 0 Å². The monoisotopic (exact) mass is 341 g/mol. The molecule has 0 bridgehead atoms. The van der Waals surface area contributed by atoms with Crippen LogP contribution in [0.1, 0.15) is 20.7 Å². The molecule has 1 heterocycles. The first-order valence-corrected chi connectivity index (χ1v) is 7.35. The Morgan fingerprint density at radius 2 is 1.83 bits per heavy atom. The zero-order valence-corrected chi connectivity index (χ0v) is 13.1. The van der Waals surface area contributed by atoms with Gasteiger partial charge in [0.05, 0.1) is 0 Å². The first-order chi connectivity index (χ1) is 11.5. The quantitative estimate of drug-likeness (QED) is 0.716. The molecule has 0 aliphatic rings. The minimum Gasteiger partial charge on any atom is -0.436 e. The molecule has 0 fully saturated rings. The second kappa shape index (κ2) is 6.55. The first kappa shape index (κ1) is 15.8. The minimum absolute atomic E-state index is 0.0399. The number of fused-ring (bicyclic) bond motifs is 1. The van der Waals surface area contributed by atoms with Crippen LogP contribution in [0.5, 0.6) is 0 Å². The Kier molecular flexibility index (Phi) is 4.31. The summed E-state index contributed by atoms with van der Waals surface area (Å²) in [5.41, 5.74) is 8.54. The lowest BCUT2D eigenvalue weighted by atomic mass is 10.2. The van der Waals surface area contributed by atoms with Crippen molar-refractivity contribution in [1.29, 1.82) is 0 Å². The van der Waals surface area contributed by atoms with Crippen LogP contribution in [0.2, 0.25) is 5.02 Å². The van der Waals surface area contributed by atoms with E-state index in [2.05, 4.69) is 10.5 Å². The molecule has 6 nitrogen and oxygen atoms in total. The van der Waals surface area contributed by atoms with Crippen molar-refractivity contribution in [2.75, 3.05) is 0 Å². The first-order valence-electron chi connectivity index (χ1n) is 6.97. The summed E-state index contributed by atoms with van der Waals surface area (Å²) in [6.45, 7) is 0. The molecule has 0 unspecified atom stereocenters. The van der Waals surface area contributed by atoms with Crippen LogP contribution < -0.4 is 16.7 Å². The number of hydrogen-bond donors (Lipinski definition) is 2. The van der Waals surface area contributed by atoms with Gasteiger partial charge in [0.15, 0.2) is 0 Å². The highest BCUT2D eigenvalue weighted by molar-refractivity contribution is 6.31. The average Bonchev–Trinajstić information content (AvgIpc) is 2.59. The maximum Gasteiger partial charge on any atom is 0.271 e. The Balaban J connectivity index is 2.04. The van der Waals surface area contributed by atoms with Crippen LogP contribution in [0.25, 0.3) is 11.0 Å². The fourth-order valence-corrected chi connectivity index (χ4v) is 2.30. The molecule has 0 atom stereocenters. The molecule has 7 heteroatoms. The zero-order valence-electron chi connectivity index (χ0n) is 12.3. The molecule has 3 aromatic rings. The minimum atomic E-state index is -0.728.